The van der Waals surface area contributed by atoms with E-state index in [0.29, 0.717) is 11.3 Å². The smallest absolute Gasteiger partial charge is 0.275 e. The summed E-state index contributed by atoms with van der Waals surface area (Å²) in [7, 11) is 1.55. The van der Waals surface area contributed by atoms with Crippen LogP contribution in [0.2, 0.25) is 0 Å². The van der Waals surface area contributed by atoms with E-state index >= 15 is 0 Å². The Kier molecular flexibility index (Phi) is 5.12. The maximum absolute atomic E-state index is 12.7. The number of methoxy groups -OCH3 is 1. The number of hydrazone groups is 1. The number of aryl methyl sites for hydroxylation is 1. The molecule has 1 heterocycles. The number of nitrogens with one attached hydrogen (secondary N) is 1. The van der Waals surface area contributed by atoms with Gasteiger partial charge in [-0.25, -0.2) is 5.43 Å². The summed E-state index contributed by atoms with van der Waals surface area (Å²) in [6.45, 7) is 2.05. The van der Waals surface area contributed by atoms with Gasteiger partial charge in [0.15, 0.2) is 0 Å². The van der Waals surface area contributed by atoms with Crippen LogP contribution in [0.4, 0.5) is 0 Å². The molecule has 1 aromatic heterocycles. The Morgan fingerprint density at radius 3 is 2.55 bits per heavy atom. The number of aromatic nitrogens is 1. The second-order valence-electron chi connectivity index (χ2n) is 6.74. The number of amides is 1. The molecule has 0 fully saturated rings. The van der Waals surface area contributed by atoms with Crippen molar-refractivity contribution in [1.82, 2.24) is 9.99 Å². The Morgan fingerprint density at radius 2 is 1.79 bits per heavy atom. The highest BCUT2D eigenvalue weighted by atomic mass is 16.5. The van der Waals surface area contributed by atoms with Crippen molar-refractivity contribution in [3.8, 4) is 11.4 Å². The molecule has 0 atom stereocenters. The third-order valence-electron chi connectivity index (χ3n) is 4.74. The van der Waals surface area contributed by atoms with Crippen LogP contribution in [0.25, 0.3) is 16.5 Å². The monoisotopic (exact) mass is 383 g/mol. The summed E-state index contributed by atoms with van der Waals surface area (Å²) in [6.07, 6.45) is 3.60. The summed E-state index contributed by atoms with van der Waals surface area (Å²) in [5, 5.41) is 6.14. The number of hydrogen-bond acceptors (Lipinski definition) is 3. The molecule has 144 valence electrons. The second-order valence-corrected chi connectivity index (χ2v) is 6.74. The molecule has 5 nitrogen and oxygen atoms in total. The van der Waals surface area contributed by atoms with E-state index in [4.69, 9.17) is 4.74 Å². The zero-order chi connectivity index (χ0) is 20.2. The molecule has 0 aliphatic carbocycles. The fourth-order valence-corrected chi connectivity index (χ4v) is 3.30. The summed E-state index contributed by atoms with van der Waals surface area (Å²) in [6, 6.07) is 23.6. The first kappa shape index (κ1) is 18.5. The molecular weight excluding hydrogens is 362 g/mol. The quantitative estimate of drug-likeness (QED) is 0.401. The molecule has 0 aliphatic heterocycles. The molecule has 0 bridgehead atoms. The predicted molar refractivity (Wildman–Crippen MR) is 116 cm³/mol. The van der Waals surface area contributed by atoms with Crippen LogP contribution in [0.15, 0.2) is 84.1 Å². The van der Waals surface area contributed by atoms with Gasteiger partial charge in [0.05, 0.1) is 24.6 Å². The number of benzene rings is 3. The number of carbonyl (C=O) groups excluding carboxylic acids is 1. The van der Waals surface area contributed by atoms with Crippen molar-refractivity contribution in [1.29, 1.82) is 0 Å². The van der Waals surface area contributed by atoms with Crippen LogP contribution in [0, 0.1) is 6.92 Å². The molecule has 0 aliphatic rings. The lowest BCUT2D eigenvalue weighted by atomic mass is 10.1. The Bertz CT molecular complexity index is 1210. The fourth-order valence-electron chi connectivity index (χ4n) is 3.30. The van der Waals surface area contributed by atoms with E-state index in [1.54, 1.807) is 13.3 Å². The van der Waals surface area contributed by atoms with Crippen LogP contribution in [0.3, 0.4) is 0 Å². The molecule has 29 heavy (non-hydrogen) atoms. The van der Waals surface area contributed by atoms with Crippen molar-refractivity contribution in [3.05, 3.63) is 95.8 Å². The van der Waals surface area contributed by atoms with Gasteiger partial charge in [0.25, 0.3) is 5.91 Å². The molecule has 4 aromatic rings. The maximum Gasteiger partial charge on any atom is 0.275 e. The molecular formula is C24H21N3O2. The first-order chi connectivity index (χ1) is 14.2. The molecule has 4 rings (SSSR count). The summed E-state index contributed by atoms with van der Waals surface area (Å²) >= 11 is 0. The summed E-state index contributed by atoms with van der Waals surface area (Å²) < 4.78 is 7.41. The summed E-state index contributed by atoms with van der Waals surface area (Å²) in [5.74, 6) is 0.192. The molecule has 1 N–H and O–H groups in total. The van der Waals surface area contributed by atoms with E-state index in [1.165, 1.54) is 5.56 Å². The highest BCUT2D eigenvalue weighted by Gasteiger charge is 2.13. The normalized spacial score (nSPS) is 11.1. The van der Waals surface area contributed by atoms with Gasteiger partial charge in [-0.2, -0.15) is 5.10 Å². The molecule has 3 aromatic carbocycles. The van der Waals surface area contributed by atoms with Crippen molar-refractivity contribution in [3.63, 3.8) is 0 Å². The molecule has 0 spiro atoms. The van der Waals surface area contributed by atoms with Crippen molar-refractivity contribution in [2.75, 3.05) is 7.11 Å². The lowest BCUT2D eigenvalue weighted by molar-refractivity contribution is 0.0952. The minimum absolute atomic E-state index is 0.322. The number of carbonyl (C=O) groups is 1. The van der Waals surface area contributed by atoms with Gasteiger partial charge in [0.1, 0.15) is 5.75 Å². The first-order valence-electron chi connectivity index (χ1n) is 9.30. The third-order valence-corrected chi connectivity index (χ3v) is 4.74. The van der Waals surface area contributed by atoms with Gasteiger partial charge in [0.2, 0.25) is 0 Å². The van der Waals surface area contributed by atoms with Crippen LogP contribution in [-0.2, 0) is 0 Å². The maximum atomic E-state index is 12.7. The number of nitrogens with zero attached hydrogens (tertiary/aromatic N) is 2. The Hall–Kier alpha value is -3.86. The predicted octanol–water partition coefficient (Wildman–Crippen LogP) is 4.71. The highest BCUT2D eigenvalue weighted by Crippen LogP contribution is 2.25. The average molecular weight is 383 g/mol. The molecule has 0 saturated heterocycles. The third kappa shape index (κ3) is 3.89. The zero-order valence-corrected chi connectivity index (χ0v) is 16.3. The van der Waals surface area contributed by atoms with E-state index in [1.807, 2.05) is 71.4 Å². The fraction of sp³-hybridized carbons (Fsp3) is 0.0833. The Labute approximate surface area is 169 Å². The summed E-state index contributed by atoms with van der Waals surface area (Å²) in [5.41, 5.74) is 6.13. The number of hydrogen-bond donors (Lipinski definition) is 1. The van der Waals surface area contributed by atoms with E-state index in [9.17, 15) is 4.79 Å². The number of rotatable bonds is 5. The van der Waals surface area contributed by atoms with Gasteiger partial charge in [-0.1, -0.05) is 36.4 Å². The van der Waals surface area contributed by atoms with Gasteiger partial charge in [-0.3, -0.25) is 4.79 Å². The van der Waals surface area contributed by atoms with E-state index in [0.717, 1.165) is 22.2 Å². The first-order valence-corrected chi connectivity index (χ1v) is 9.30. The molecule has 0 radical (unpaired) electrons. The van der Waals surface area contributed by atoms with Gasteiger partial charge in [0, 0.05) is 11.9 Å². The van der Waals surface area contributed by atoms with Gasteiger partial charge in [-0.15, -0.1) is 0 Å². The van der Waals surface area contributed by atoms with Crippen molar-refractivity contribution in [2.24, 2.45) is 5.10 Å². The van der Waals surface area contributed by atoms with Crippen molar-refractivity contribution < 1.29 is 9.53 Å². The second kappa shape index (κ2) is 8.02. The topological polar surface area (TPSA) is 55.6 Å². The van der Waals surface area contributed by atoms with Crippen molar-refractivity contribution in [2.45, 2.75) is 6.92 Å². The molecule has 0 saturated carbocycles. The minimum Gasteiger partial charge on any atom is -0.496 e. The minimum atomic E-state index is -0.322. The Balaban J connectivity index is 1.56. The molecule has 5 heteroatoms. The van der Waals surface area contributed by atoms with Crippen LogP contribution in [-0.4, -0.2) is 23.8 Å². The Morgan fingerprint density at radius 1 is 1.00 bits per heavy atom. The van der Waals surface area contributed by atoms with Gasteiger partial charge < -0.3 is 9.30 Å². The summed E-state index contributed by atoms with van der Waals surface area (Å²) in [4.78, 5) is 12.7. The van der Waals surface area contributed by atoms with Crippen LogP contribution >= 0.6 is 0 Å². The largest absolute Gasteiger partial charge is 0.496 e. The number of fused-ring (bicyclic) bond motifs is 1. The molecule has 1 amide bonds. The highest BCUT2D eigenvalue weighted by molar-refractivity contribution is 6.01. The lowest BCUT2D eigenvalue weighted by Gasteiger charge is -2.09. The van der Waals surface area contributed by atoms with E-state index < -0.39 is 0 Å². The standard InChI is InChI=1S/C24H21N3O2/c1-17-7-5-10-20(13-17)27-12-6-11-21(27)16-25-26-24(28)22-14-18-8-3-4-9-19(18)15-23(22)29-2/h3-16H,1-2H3,(H,26,28)/b25-16-. The van der Waals surface area contributed by atoms with Gasteiger partial charge >= 0.3 is 0 Å². The SMILES string of the molecule is COc1cc2ccccc2cc1C(=O)N/N=C\c1cccn1-c1cccc(C)c1. The van der Waals surface area contributed by atoms with E-state index in [2.05, 4.69) is 29.6 Å². The van der Waals surface area contributed by atoms with Crippen LogP contribution in [0.1, 0.15) is 21.6 Å². The van der Waals surface area contributed by atoms with E-state index in [-0.39, 0.29) is 5.91 Å². The van der Waals surface area contributed by atoms with Crippen LogP contribution in [0.5, 0.6) is 5.75 Å². The average Bonchev–Trinajstić information content (AvgIpc) is 3.21. The lowest BCUT2D eigenvalue weighted by Crippen LogP contribution is -2.18. The molecule has 0 unspecified atom stereocenters. The van der Waals surface area contributed by atoms with Crippen molar-refractivity contribution >= 4 is 22.9 Å². The van der Waals surface area contributed by atoms with Crippen LogP contribution < -0.4 is 10.2 Å². The zero-order valence-electron chi connectivity index (χ0n) is 16.3. The van der Waals surface area contributed by atoms with Gasteiger partial charge in [-0.05, 0) is 59.7 Å². The number of ether oxygens (including phenoxy) is 1.